The highest BCUT2D eigenvalue weighted by Crippen LogP contribution is 2.37. The lowest BCUT2D eigenvalue weighted by Gasteiger charge is -2.26. The Labute approximate surface area is 156 Å². The van der Waals surface area contributed by atoms with E-state index in [-0.39, 0.29) is 17.5 Å². The minimum atomic E-state index is -0.516. The monoisotopic (exact) mass is 366 g/mol. The second-order valence-electron chi connectivity index (χ2n) is 6.69. The molecule has 138 valence electrons. The van der Waals surface area contributed by atoms with Crippen LogP contribution in [0.15, 0.2) is 41.1 Å². The molecule has 0 spiro atoms. The fraction of sp³-hybridized carbons (Fsp3) is 0.300. The van der Waals surface area contributed by atoms with Crippen molar-refractivity contribution in [1.82, 2.24) is 20.0 Å². The molecule has 0 unspecified atom stereocenters. The van der Waals surface area contributed by atoms with Crippen molar-refractivity contribution in [2.45, 2.75) is 32.7 Å². The van der Waals surface area contributed by atoms with Gasteiger partial charge in [0, 0.05) is 18.8 Å². The third-order valence-electron chi connectivity index (χ3n) is 4.77. The summed E-state index contributed by atoms with van der Waals surface area (Å²) in [6, 6.07) is 7.61. The van der Waals surface area contributed by atoms with Crippen LogP contribution in [0.25, 0.3) is 11.3 Å². The van der Waals surface area contributed by atoms with Gasteiger partial charge in [-0.1, -0.05) is 17.3 Å². The van der Waals surface area contributed by atoms with Gasteiger partial charge >= 0.3 is 0 Å². The Balaban J connectivity index is 1.75. The first-order valence-electron chi connectivity index (χ1n) is 8.87. The highest BCUT2D eigenvalue weighted by molar-refractivity contribution is 5.95. The Hall–Kier alpha value is -3.09. The van der Waals surface area contributed by atoms with Gasteiger partial charge in [0.15, 0.2) is 5.76 Å². The molecule has 1 saturated heterocycles. The van der Waals surface area contributed by atoms with Crippen molar-refractivity contribution < 1.29 is 13.7 Å². The first-order chi connectivity index (χ1) is 13.0. The van der Waals surface area contributed by atoms with Gasteiger partial charge in [-0.2, -0.15) is 0 Å². The van der Waals surface area contributed by atoms with E-state index >= 15 is 0 Å². The molecule has 27 heavy (non-hydrogen) atoms. The number of carbonyl (C=O) groups is 1. The minimum Gasteiger partial charge on any atom is -0.356 e. The Morgan fingerprint density at radius 1 is 1.30 bits per heavy atom. The van der Waals surface area contributed by atoms with Crippen molar-refractivity contribution in [2.75, 3.05) is 6.54 Å². The number of halogens is 1. The number of hydrogen-bond donors (Lipinski definition) is 0. The molecule has 2 aromatic heterocycles. The van der Waals surface area contributed by atoms with Crippen LogP contribution in [0.5, 0.6) is 0 Å². The first-order valence-corrected chi connectivity index (χ1v) is 8.87. The fourth-order valence-corrected chi connectivity index (χ4v) is 3.51. The van der Waals surface area contributed by atoms with Gasteiger partial charge in [0.1, 0.15) is 11.6 Å². The molecule has 7 heteroatoms. The Bertz CT molecular complexity index is 1000. The van der Waals surface area contributed by atoms with Crippen LogP contribution in [0.4, 0.5) is 4.39 Å². The highest BCUT2D eigenvalue weighted by Gasteiger charge is 2.35. The van der Waals surface area contributed by atoms with Gasteiger partial charge in [-0.15, -0.1) is 0 Å². The normalized spacial score (nSPS) is 16.7. The molecule has 0 saturated carbocycles. The van der Waals surface area contributed by atoms with E-state index in [0.717, 1.165) is 18.5 Å². The zero-order valence-electron chi connectivity index (χ0n) is 15.1. The summed E-state index contributed by atoms with van der Waals surface area (Å²) < 4.78 is 19.5. The number of likely N-dealkylation sites (tertiary alicyclic amines) is 1. The summed E-state index contributed by atoms with van der Waals surface area (Å²) >= 11 is 0. The Kier molecular flexibility index (Phi) is 4.43. The van der Waals surface area contributed by atoms with Crippen molar-refractivity contribution in [2.24, 2.45) is 0 Å². The van der Waals surface area contributed by atoms with Crippen LogP contribution in [-0.4, -0.2) is 32.5 Å². The molecule has 1 aliphatic rings. The molecule has 1 aliphatic heterocycles. The van der Waals surface area contributed by atoms with E-state index in [9.17, 15) is 9.18 Å². The summed E-state index contributed by atoms with van der Waals surface area (Å²) in [6.07, 6.45) is 3.27. The summed E-state index contributed by atoms with van der Waals surface area (Å²) in [7, 11) is 0. The Morgan fingerprint density at radius 3 is 2.85 bits per heavy atom. The summed E-state index contributed by atoms with van der Waals surface area (Å²) in [6.45, 7) is 4.19. The third-order valence-corrected chi connectivity index (χ3v) is 4.77. The zero-order valence-corrected chi connectivity index (χ0v) is 15.1. The lowest BCUT2D eigenvalue weighted by Crippen LogP contribution is -2.32. The average molecular weight is 366 g/mol. The maximum Gasteiger partial charge on any atom is 0.257 e. The molecule has 3 heterocycles. The lowest BCUT2D eigenvalue weighted by atomic mass is 10.0. The minimum absolute atomic E-state index is 0.0761. The van der Waals surface area contributed by atoms with Gasteiger partial charge in [0.2, 0.25) is 0 Å². The fourth-order valence-electron chi connectivity index (χ4n) is 3.51. The number of hydrogen-bond acceptors (Lipinski definition) is 5. The zero-order chi connectivity index (χ0) is 19.0. The van der Waals surface area contributed by atoms with E-state index in [4.69, 9.17) is 4.52 Å². The topological polar surface area (TPSA) is 72.1 Å². The van der Waals surface area contributed by atoms with Gasteiger partial charge in [-0.05, 0) is 38.8 Å². The number of benzene rings is 1. The Morgan fingerprint density at radius 2 is 2.11 bits per heavy atom. The molecule has 0 N–H and O–H groups in total. The standard InChI is InChI=1S/C20H19FN4O2/c1-12-10-18(27-24-12)15-11-22-13(2)23-19(15)17-8-5-9-25(17)20(26)14-6-3-4-7-16(14)21/h3-4,6-7,10-11,17H,5,8-9H2,1-2H3/t17-/m1/s1. The average Bonchev–Trinajstić information content (AvgIpc) is 3.30. The van der Waals surface area contributed by atoms with Crippen molar-refractivity contribution >= 4 is 5.91 Å². The van der Waals surface area contributed by atoms with Crippen LogP contribution in [0.1, 0.15) is 46.5 Å². The summed E-state index contributed by atoms with van der Waals surface area (Å²) in [5.41, 5.74) is 2.25. The third kappa shape index (κ3) is 3.20. The summed E-state index contributed by atoms with van der Waals surface area (Å²) in [5, 5.41) is 3.94. The van der Waals surface area contributed by atoms with Crippen molar-refractivity contribution in [3.05, 3.63) is 65.1 Å². The quantitative estimate of drug-likeness (QED) is 0.704. The van der Waals surface area contributed by atoms with Crippen molar-refractivity contribution in [3.63, 3.8) is 0 Å². The van der Waals surface area contributed by atoms with Gasteiger partial charge in [-0.25, -0.2) is 14.4 Å². The molecule has 1 fully saturated rings. The predicted molar refractivity (Wildman–Crippen MR) is 96.4 cm³/mol. The van der Waals surface area contributed by atoms with Crippen molar-refractivity contribution in [3.8, 4) is 11.3 Å². The van der Waals surface area contributed by atoms with E-state index in [1.165, 1.54) is 12.1 Å². The van der Waals surface area contributed by atoms with Gasteiger partial charge < -0.3 is 9.42 Å². The number of aromatic nitrogens is 3. The van der Waals surface area contributed by atoms with E-state index in [1.807, 2.05) is 13.0 Å². The van der Waals surface area contributed by atoms with Crippen LogP contribution in [-0.2, 0) is 0 Å². The lowest BCUT2D eigenvalue weighted by molar-refractivity contribution is 0.0728. The summed E-state index contributed by atoms with van der Waals surface area (Å²) in [4.78, 5) is 23.6. The molecule has 0 bridgehead atoms. The number of carbonyl (C=O) groups excluding carboxylic acids is 1. The SMILES string of the molecule is Cc1cc(-c2cnc(C)nc2[C@H]2CCCN2C(=O)c2ccccc2F)on1. The van der Waals surface area contributed by atoms with Crippen LogP contribution in [0.3, 0.4) is 0 Å². The highest BCUT2D eigenvalue weighted by atomic mass is 19.1. The first kappa shape index (κ1) is 17.3. The van der Waals surface area contributed by atoms with E-state index in [1.54, 1.807) is 30.2 Å². The second-order valence-corrected chi connectivity index (χ2v) is 6.69. The van der Waals surface area contributed by atoms with Gasteiger partial charge in [-0.3, -0.25) is 4.79 Å². The number of amides is 1. The molecule has 0 radical (unpaired) electrons. The second kappa shape index (κ2) is 6.90. The molecule has 1 amide bonds. The molecule has 0 aliphatic carbocycles. The molecule has 3 aromatic rings. The summed E-state index contributed by atoms with van der Waals surface area (Å²) in [5.74, 6) is 0.326. The molecule has 6 nitrogen and oxygen atoms in total. The predicted octanol–water partition coefficient (Wildman–Crippen LogP) is 3.86. The van der Waals surface area contributed by atoms with Gasteiger partial charge in [0.25, 0.3) is 5.91 Å². The van der Waals surface area contributed by atoms with E-state index < -0.39 is 5.82 Å². The number of rotatable bonds is 3. The van der Waals surface area contributed by atoms with Crippen LogP contribution >= 0.6 is 0 Å². The molecular weight excluding hydrogens is 347 g/mol. The van der Waals surface area contributed by atoms with Crippen molar-refractivity contribution in [1.29, 1.82) is 0 Å². The maximum absolute atomic E-state index is 14.1. The number of aryl methyl sites for hydroxylation is 2. The van der Waals surface area contributed by atoms with Gasteiger partial charge in [0.05, 0.1) is 28.6 Å². The van der Waals surface area contributed by atoms with E-state index in [2.05, 4.69) is 15.1 Å². The van der Waals surface area contributed by atoms with Crippen LogP contribution in [0, 0.1) is 19.7 Å². The largest absolute Gasteiger partial charge is 0.356 e. The smallest absolute Gasteiger partial charge is 0.257 e. The molecule has 1 aromatic carbocycles. The maximum atomic E-state index is 14.1. The molecular formula is C20H19FN4O2. The number of nitrogens with zero attached hydrogens (tertiary/aromatic N) is 4. The van der Waals surface area contributed by atoms with Crippen LogP contribution < -0.4 is 0 Å². The van der Waals surface area contributed by atoms with E-state index in [0.29, 0.717) is 29.4 Å². The van der Waals surface area contributed by atoms with Crippen LogP contribution in [0.2, 0.25) is 0 Å². The molecule has 4 rings (SSSR count). The molecule has 1 atom stereocenters.